The third kappa shape index (κ3) is 4.36. The van der Waals surface area contributed by atoms with E-state index in [2.05, 4.69) is 5.32 Å². The first-order valence-electron chi connectivity index (χ1n) is 7.11. The predicted octanol–water partition coefficient (Wildman–Crippen LogP) is 2.84. The topological polar surface area (TPSA) is 49.4 Å². The van der Waals surface area contributed by atoms with E-state index in [1.54, 1.807) is 22.7 Å². The van der Waals surface area contributed by atoms with E-state index in [-0.39, 0.29) is 22.1 Å². The molecule has 2 rings (SSSR count). The van der Waals surface area contributed by atoms with Crippen LogP contribution in [0.5, 0.6) is 0 Å². The molecule has 1 aliphatic rings. The van der Waals surface area contributed by atoms with Crippen molar-refractivity contribution in [2.75, 3.05) is 23.7 Å². The molecule has 0 aromatic heterocycles. The molecule has 1 aromatic rings. The Hall–Kier alpha value is -1.27. The maximum atomic E-state index is 13.5. The zero-order valence-electron chi connectivity index (χ0n) is 12.3. The summed E-state index contributed by atoms with van der Waals surface area (Å²) in [5.41, 5.74) is 0.549. The minimum Gasteiger partial charge on any atom is -0.356 e. The van der Waals surface area contributed by atoms with Gasteiger partial charge in [0.25, 0.3) is 0 Å². The summed E-state index contributed by atoms with van der Waals surface area (Å²) in [5, 5.41) is 2.68. The molecule has 1 fully saturated rings. The molecule has 1 atom stereocenters. The maximum Gasteiger partial charge on any atom is 0.240 e. The molecule has 0 saturated carbocycles. The Morgan fingerprint density at radius 2 is 2.32 bits per heavy atom. The lowest BCUT2D eigenvalue weighted by Gasteiger charge is -2.17. The van der Waals surface area contributed by atoms with Crippen LogP contribution in [0, 0.1) is 5.82 Å². The highest BCUT2D eigenvalue weighted by Gasteiger charge is 2.32. The number of benzene rings is 1. The summed E-state index contributed by atoms with van der Waals surface area (Å²) in [4.78, 5) is 24.7. The summed E-state index contributed by atoms with van der Waals surface area (Å²) in [7, 11) is 0. The summed E-state index contributed by atoms with van der Waals surface area (Å²) in [6.07, 6.45) is 1.57. The normalized spacial score (nSPS) is 17.9. The molecule has 1 heterocycles. The van der Waals surface area contributed by atoms with Crippen LogP contribution in [0.4, 0.5) is 10.1 Å². The summed E-state index contributed by atoms with van der Waals surface area (Å²) < 4.78 is 13.5. The number of thioether (sulfide) groups is 1. The molecule has 22 heavy (non-hydrogen) atoms. The number of nitrogens with one attached hydrogen (secondary N) is 1. The van der Waals surface area contributed by atoms with Crippen molar-refractivity contribution in [3.63, 3.8) is 0 Å². The monoisotopic (exact) mass is 344 g/mol. The van der Waals surface area contributed by atoms with Crippen molar-refractivity contribution in [1.82, 2.24) is 5.32 Å². The predicted molar refractivity (Wildman–Crippen MR) is 87.9 cm³/mol. The van der Waals surface area contributed by atoms with Gasteiger partial charge in [0.1, 0.15) is 5.82 Å². The van der Waals surface area contributed by atoms with Gasteiger partial charge in [-0.05, 0) is 36.8 Å². The lowest BCUT2D eigenvalue weighted by atomic mass is 10.3. The van der Waals surface area contributed by atoms with E-state index < -0.39 is 5.82 Å². The number of carbonyl (C=O) groups is 2. The van der Waals surface area contributed by atoms with E-state index >= 15 is 0 Å². The van der Waals surface area contributed by atoms with Crippen LogP contribution in [0.15, 0.2) is 18.2 Å². The second-order valence-corrected chi connectivity index (χ2v) is 6.79. The number of halogens is 2. The zero-order chi connectivity index (χ0) is 16.1. The Labute approximate surface area is 138 Å². The Morgan fingerprint density at radius 1 is 1.55 bits per heavy atom. The van der Waals surface area contributed by atoms with Gasteiger partial charge in [-0.3, -0.25) is 9.59 Å². The van der Waals surface area contributed by atoms with E-state index in [1.807, 2.05) is 0 Å². The van der Waals surface area contributed by atoms with Crippen molar-refractivity contribution in [2.24, 2.45) is 0 Å². The number of hydrogen-bond acceptors (Lipinski definition) is 3. The van der Waals surface area contributed by atoms with Crippen LogP contribution >= 0.6 is 23.4 Å². The average Bonchev–Trinajstić information content (AvgIpc) is 2.83. The third-order valence-electron chi connectivity index (χ3n) is 3.39. The van der Waals surface area contributed by atoms with Crippen LogP contribution in [0.3, 0.4) is 0 Å². The number of carbonyl (C=O) groups excluding carboxylic acids is 2. The molecular formula is C15H18ClFN2O2S. The van der Waals surface area contributed by atoms with E-state index in [9.17, 15) is 14.0 Å². The molecule has 4 nitrogen and oxygen atoms in total. The van der Waals surface area contributed by atoms with E-state index in [4.69, 9.17) is 11.6 Å². The summed E-state index contributed by atoms with van der Waals surface area (Å²) in [6, 6.07) is 4.42. The van der Waals surface area contributed by atoms with Gasteiger partial charge >= 0.3 is 0 Å². The lowest BCUT2D eigenvalue weighted by Crippen LogP contribution is -2.28. The van der Waals surface area contributed by atoms with Gasteiger partial charge in [0.05, 0.1) is 10.3 Å². The number of nitrogens with zero attached hydrogens (tertiary/aromatic N) is 1. The van der Waals surface area contributed by atoms with Crippen molar-refractivity contribution in [3.8, 4) is 0 Å². The van der Waals surface area contributed by atoms with Gasteiger partial charge in [-0.2, -0.15) is 0 Å². The van der Waals surface area contributed by atoms with Crippen molar-refractivity contribution >= 4 is 40.9 Å². The smallest absolute Gasteiger partial charge is 0.240 e. The Balaban J connectivity index is 1.84. The fourth-order valence-corrected chi connectivity index (χ4v) is 3.53. The first kappa shape index (κ1) is 17.1. The van der Waals surface area contributed by atoms with Gasteiger partial charge in [-0.1, -0.05) is 11.6 Å². The fourth-order valence-electron chi connectivity index (χ4n) is 2.28. The van der Waals surface area contributed by atoms with E-state index in [0.29, 0.717) is 18.8 Å². The van der Waals surface area contributed by atoms with Crippen LogP contribution in [0.25, 0.3) is 0 Å². The number of amides is 2. The molecule has 0 bridgehead atoms. The van der Waals surface area contributed by atoms with Crippen LogP contribution in [0.1, 0.15) is 19.8 Å². The Bertz CT molecular complexity index is 570. The molecule has 0 spiro atoms. The second-order valence-electron chi connectivity index (χ2n) is 5.07. The highest BCUT2D eigenvalue weighted by Crippen LogP contribution is 2.30. The summed E-state index contributed by atoms with van der Waals surface area (Å²) in [5.74, 6) is 0.252. The maximum absolute atomic E-state index is 13.5. The fraction of sp³-hybridized carbons (Fsp3) is 0.467. The second kappa shape index (κ2) is 7.83. The standard InChI is InChI=1S/C15H18ClFN2O2S/c1-10(20)18-6-2-8-22-14-5-7-19(15(14)21)11-3-4-12(16)13(17)9-11/h3-4,9,14H,2,5-8H2,1H3,(H,18,20)/t14-/m0/s1. The van der Waals surface area contributed by atoms with Crippen molar-refractivity contribution in [3.05, 3.63) is 29.0 Å². The molecule has 1 aromatic carbocycles. The molecule has 0 unspecified atom stereocenters. The third-order valence-corrected chi connectivity index (χ3v) is 5.06. The number of hydrogen-bond donors (Lipinski definition) is 1. The van der Waals surface area contributed by atoms with E-state index in [0.717, 1.165) is 18.6 Å². The zero-order valence-corrected chi connectivity index (χ0v) is 13.8. The van der Waals surface area contributed by atoms with Gasteiger partial charge in [0.2, 0.25) is 11.8 Å². The molecule has 2 amide bonds. The quantitative estimate of drug-likeness (QED) is 0.807. The lowest BCUT2D eigenvalue weighted by molar-refractivity contribution is -0.119. The van der Waals surface area contributed by atoms with Crippen LogP contribution < -0.4 is 10.2 Å². The highest BCUT2D eigenvalue weighted by molar-refractivity contribution is 8.00. The largest absolute Gasteiger partial charge is 0.356 e. The minimum atomic E-state index is -0.515. The Kier molecular flexibility index (Phi) is 6.08. The molecule has 0 aliphatic carbocycles. The van der Waals surface area contributed by atoms with Gasteiger partial charge in [0, 0.05) is 25.7 Å². The van der Waals surface area contributed by atoms with Crippen LogP contribution in [0.2, 0.25) is 5.02 Å². The molecular weight excluding hydrogens is 327 g/mol. The molecule has 1 aliphatic heterocycles. The highest BCUT2D eigenvalue weighted by atomic mass is 35.5. The molecule has 1 saturated heterocycles. The summed E-state index contributed by atoms with van der Waals surface area (Å²) in [6.45, 7) is 2.69. The first-order chi connectivity index (χ1) is 10.5. The van der Waals surface area contributed by atoms with Crippen molar-refractivity contribution < 1.29 is 14.0 Å². The van der Waals surface area contributed by atoms with Gasteiger partial charge in [0.15, 0.2) is 0 Å². The number of anilines is 1. The molecule has 7 heteroatoms. The van der Waals surface area contributed by atoms with Crippen molar-refractivity contribution in [2.45, 2.75) is 25.0 Å². The minimum absolute atomic E-state index is 0.00579. The molecule has 0 radical (unpaired) electrons. The average molecular weight is 345 g/mol. The first-order valence-corrected chi connectivity index (χ1v) is 8.54. The Morgan fingerprint density at radius 3 is 3.00 bits per heavy atom. The van der Waals surface area contributed by atoms with Crippen LogP contribution in [-0.2, 0) is 9.59 Å². The van der Waals surface area contributed by atoms with Gasteiger partial charge < -0.3 is 10.2 Å². The number of rotatable bonds is 6. The molecule has 120 valence electrons. The van der Waals surface area contributed by atoms with Gasteiger partial charge in [-0.25, -0.2) is 4.39 Å². The van der Waals surface area contributed by atoms with E-state index in [1.165, 1.54) is 19.1 Å². The van der Waals surface area contributed by atoms with Crippen molar-refractivity contribution in [1.29, 1.82) is 0 Å². The molecule has 1 N–H and O–H groups in total. The van der Waals surface area contributed by atoms with Crippen LogP contribution in [-0.4, -0.2) is 35.9 Å². The van der Waals surface area contributed by atoms with Gasteiger partial charge in [-0.15, -0.1) is 11.8 Å². The SMILES string of the molecule is CC(=O)NCCCS[C@H]1CCN(c2ccc(Cl)c(F)c2)C1=O. The summed E-state index contributed by atoms with van der Waals surface area (Å²) >= 11 is 7.25.